The van der Waals surface area contributed by atoms with Crippen molar-refractivity contribution < 1.29 is 43.2 Å². The summed E-state index contributed by atoms with van der Waals surface area (Å²) >= 11 is 0. The zero-order valence-corrected chi connectivity index (χ0v) is 38.3. The number of methoxy groups -OCH3 is 1. The van der Waals surface area contributed by atoms with Crippen LogP contribution in [0.4, 0.5) is 9.59 Å². The third-order valence-electron chi connectivity index (χ3n) is 11.4. The molecule has 0 bridgehead atoms. The summed E-state index contributed by atoms with van der Waals surface area (Å²) in [5.41, 5.74) is 6.33. The summed E-state index contributed by atoms with van der Waals surface area (Å²) in [4.78, 5) is 58.1. The first kappa shape index (κ1) is 47.3. The molecule has 0 spiro atoms. The summed E-state index contributed by atoms with van der Waals surface area (Å²) < 4.78 is 25.3. The first-order chi connectivity index (χ1) is 30.4. The second kappa shape index (κ2) is 20.5. The van der Waals surface area contributed by atoms with Gasteiger partial charge in [0.2, 0.25) is 0 Å². The summed E-state index contributed by atoms with van der Waals surface area (Å²) in [6.45, 7) is 15.1. The van der Waals surface area contributed by atoms with Crippen molar-refractivity contribution in [3.8, 4) is 22.4 Å². The molecule has 340 valence electrons. The Morgan fingerprint density at radius 2 is 1.64 bits per heavy atom. The lowest BCUT2D eigenvalue weighted by Gasteiger charge is -2.34. The van der Waals surface area contributed by atoms with Crippen LogP contribution >= 0.6 is 0 Å². The van der Waals surface area contributed by atoms with Gasteiger partial charge in [0.05, 0.1) is 23.9 Å². The van der Waals surface area contributed by atoms with Crippen molar-refractivity contribution in [1.82, 2.24) is 19.8 Å². The lowest BCUT2D eigenvalue weighted by Crippen LogP contribution is -2.43. The number of benzene rings is 3. The van der Waals surface area contributed by atoms with Crippen LogP contribution in [0.2, 0.25) is 0 Å². The number of hydrogen-bond donors (Lipinski definition) is 2. The Morgan fingerprint density at radius 3 is 2.34 bits per heavy atom. The zero-order valence-electron chi connectivity index (χ0n) is 38.3. The molecule has 2 aromatic heterocycles. The van der Waals surface area contributed by atoms with E-state index in [1.54, 1.807) is 18.2 Å². The minimum absolute atomic E-state index is 0.0181. The van der Waals surface area contributed by atoms with E-state index in [1.165, 1.54) is 0 Å². The van der Waals surface area contributed by atoms with Crippen LogP contribution in [0.1, 0.15) is 96.2 Å². The number of aliphatic carboxylic acids is 1. The van der Waals surface area contributed by atoms with Crippen LogP contribution in [-0.2, 0) is 54.5 Å². The molecule has 13 nitrogen and oxygen atoms in total. The van der Waals surface area contributed by atoms with Gasteiger partial charge in [-0.25, -0.2) is 14.4 Å². The molecule has 2 amide bonds. The normalized spacial score (nSPS) is 15.3. The van der Waals surface area contributed by atoms with Gasteiger partial charge in [-0.3, -0.25) is 9.78 Å². The fourth-order valence-electron chi connectivity index (χ4n) is 8.46. The number of ether oxygens (including phenoxy) is 4. The molecule has 5 aromatic rings. The highest BCUT2D eigenvalue weighted by molar-refractivity contribution is 5.95. The number of amides is 2. The summed E-state index contributed by atoms with van der Waals surface area (Å²) in [5.74, 6) is -1.55. The van der Waals surface area contributed by atoms with Crippen LogP contribution in [0, 0.1) is 5.92 Å². The van der Waals surface area contributed by atoms with E-state index in [2.05, 4.69) is 35.0 Å². The van der Waals surface area contributed by atoms with Crippen LogP contribution in [0.15, 0.2) is 91.1 Å². The highest BCUT2D eigenvalue weighted by Gasteiger charge is 2.33. The maximum atomic E-state index is 13.8. The number of aryl methyl sites for hydroxylation is 1. The number of fused-ring (bicyclic) bond motifs is 1. The number of nitrogens with one attached hydrogen (secondary N) is 1. The predicted octanol–water partition coefficient (Wildman–Crippen LogP) is 9.92. The smallest absolute Gasteiger partial charge is 0.410 e. The van der Waals surface area contributed by atoms with E-state index in [0.29, 0.717) is 31.6 Å². The summed E-state index contributed by atoms with van der Waals surface area (Å²) in [6.07, 6.45) is 2.45. The van der Waals surface area contributed by atoms with E-state index in [0.717, 1.165) is 62.9 Å². The number of aromatic nitrogens is 2. The van der Waals surface area contributed by atoms with Crippen LogP contribution in [0.5, 0.6) is 0 Å². The number of rotatable bonds is 16. The molecule has 3 aromatic carbocycles. The van der Waals surface area contributed by atoms with Gasteiger partial charge in [-0.15, -0.1) is 0 Å². The van der Waals surface area contributed by atoms with E-state index in [1.807, 2.05) is 108 Å². The van der Waals surface area contributed by atoms with Gasteiger partial charge in [0, 0.05) is 62.2 Å². The molecule has 64 heavy (non-hydrogen) atoms. The summed E-state index contributed by atoms with van der Waals surface area (Å²) in [6, 6.07) is 25.8. The zero-order chi connectivity index (χ0) is 46.2. The first-order valence-corrected chi connectivity index (χ1v) is 22.1. The average Bonchev–Trinajstić information content (AvgIpc) is 3.56. The van der Waals surface area contributed by atoms with Gasteiger partial charge in [0.25, 0.3) is 0 Å². The minimum Gasteiger partial charge on any atom is -0.480 e. The van der Waals surface area contributed by atoms with E-state index >= 15 is 0 Å². The van der Waals surface area contributed by atoms with Crippen molar-refractivity contribution in [1.29, 1.82) is 0 Å². The quantitative estimate of drug-likeness (QED) is 0.0722. The predicted molar refractivity (Wildman–Crippen MR) is 246 cm³/mol. The van der Waals surface area contributed by atoms with Crippen molar-refractivity contribution >= 4 is 35.0 Å². The third-order valence-corrected chi connectivity index (χ3v) is 11.4. The summed E-state index contributed by atoms with van der Waals surface area (Å²) in [7, 11) is 1.66. The molecule has 0 radical (unpaired) electrons. The summed E-state index contributed by atoms with van der Waals surface area (Å²) in [5, 5.41) is 13.6. The fraction of sp³-hybridized carbons (Fsp3) is 0.431. The van der Waals surface area contributed by atoms with Gasteiger partial charge in [-0.1, -0.05) is 60.7 Å². The number of hydrogen-bond acceptors (Lipinski definition) is 9. The largest absolute Gasteiger partial charge is 0.480 e. The standard InChI is InChI=1S/C51H62N4O9/c1-9-55-43-23-22-38(37-20-13-18-35(26-37)27-42(47(57)58)53-48(59)62-32-34-16-11-10-12-17-34)29-40(43)41(46(55)39-21-14-24-52-45(39)33(2)61-8)30-51(6,7)63-44(56)28-36-19-15-25-54(31-36)49(60)64-50(3,4)5/h10-14,16-18,20-24,26,29,33,36,42H,9,15,19,25,27-28,30-32H2,1-8H3,(H,53,59)(H,57,58)/t33?,36-,42?/m0/s1. The van der Waals surface area contributed by atoms with Gasteiger partial charge in [-0.2, -0.15) is 0 Å². The van der Waals surface area contributed by atoms with E-state index < -0.39 is 29.3 Å². The van der Waals surface area contributed by atoms with E-state index in [-0.39, 0.29) is 43.5 Å². The number of piperidine rings is 1. The van der Waals surface area contributed by atoms with Crippen LogP contribution in [0.3, 0.4) is 0 Å². The number of pyridine rings is 1. The third kappa shape index (κ3) is 12.1. The molecule has 1 aliphatic heterocycles. The number of carbonyl (C=O) groups excluding carboxylic acids is 3. The first-order valence-electron chi connectivity index (χ1n) is 22.1. The molecular weight excluding hydrogens is 813 g/mol. The number of nitrogens with zero attached hydrogens (tertiary/aromatic N) is 3. The van der Waals surface area contributed by atoms with Crippen molar-refractivity contribution in [2.75, 3.05) is 20.2 Å². The van der Waals surface area contributed by atoms with Gasteiger partial charge >= 0.3 is 24.1 Å². The van der Waals surface area contributed by atoms with E-state index in [4.69, 9.17) is 23.9 Å². The molecule has 1 fully saturated rings. The van der Waals surface area contributed by atoms with Crippen molar-refractivity contribution in [3.63, 3.8) is 0 Å². The van der Waals surface area contributed by atoms with Crippen LogP contribution in [-0.4, -0.2) is 81.1 Å². The van der Waals surface area contributed by atoms with Crippen molar-refractivity contribution in [3.05, 3.63) is 114 Å². The Labute approximate surface area is 376 Å². The maximum absolute atomic E-state index is 13.8. The minimum atomic E-state index is -1.22. The average molecular weight is 875 g/mol. The molecule has 1 aliphatic rings. The Balaban J connectivity index is 1.30. The van der Waals surface area contributed by atoms with Crippen molar-refractivity contribution in [2.45, 2.75) is 117 Å². The van der Waals surface area contributed by atoms with Crippen molar-refractivity contribution in [2.24, 2.45) is 5.92 Å². The molecule has 0 saturated carbocycles. The number of alkyl carbamates (subject to hydrolysis) is 1. The number of likely N-dealkylation sites (tertiary alicyclic amines) is 1. The number of carboxylic acid groups (broad SMARTS) is 1. The number of carboxylic acids is 1. The fourth-order valence-corrected chi connectivity index (χ4v) is 8.46. The highest BCUT2D eigenvalue weighted by atomic mass is 16.6. The second-order valence-electron chi connectivity index (χ2n) is 18.2. The lowest BCUT2D eigenvalue weighted by molar-refractivity contribution is -0.158. The molecule has 3 atom stereocenters. The molecular formula is C51H62N4O9. The molecule has 6 rings (SSSR count). The molecule has 3 heterocycles. The Kier molecular flexibility index (Phi) is 15.2. The lowest BCUT2D eigenvalue weighted by atomic mass is 9.91. The van der Waals surface area contributed by atoms with E-state index in [9.17, 15) is 24.3 Å². The van der Waals surface area contributed by atoms with Gasteiger partial charge in [0.1, 0.15) is 23.9 Å². The molecule has 2 unspecified atom stereocenters. The monoisotopic (exact) mass is 874 g/mol. The Morgan fingerprint density at radius 1 is 0.906 bits per heavy atom. The van der Waals surface area contributed by atoms with Crippen LogP contribution in [0.25, 0.3) is 33.3 Å². The van der Waals surface area contributed by atoms with Crippen LogP contribution < -0.4 is 5.32 Å². The highest BCUT2D eigenvalue weighted by Crippen LogP contribution is 2.41. The SMILES string of the molecule is CCn1c(-c2cccnc2C(C)OC)c(CC(C)(C)OC(=O)C[C@@H]2CCCN(C(=O)OC(C)(C)C)C2)c2cc(-c3cccc(CC(NC(=O)OCc4ccccc4)C(=O)O)c3)ccc21. The Hall–Kier alpha value is -6.21. The second-order valence-corrected chi connectivity index (χ2v) is 18.2. The molecule has 1 saturated heterocycles. The maximum Gasteiger partial charge on any atom is 0.410 e. The molecule has 0 aliphatic carbocycles. The molecule has 2 N–H and O–H groups in total. The number of carbonyl (C=O) groups is 4. The molecule has 13 heteroatoms. The van der Waals surface area contributed by atoms with Gasteiger partial charge < -0.3 is 38.8 Å². The van der Waals surface area contributed by atoms with Gasteiger partial charge in [-0.05, 0) is 119 Å². The topological polar surface area (TPSA) is 159 Å². The Bertz CT molecular complexity index is 2440. The van der Waals surface area contributed by atoms with Gasteiger partial charge in [0.15, 0.2) is 0 Å². The number of esters is 1.